The summed E-state index contributed by atoms with van der Waals surface area (Å²) in [6.45, 7) is 3.52. The first kappa shape index (κ1) is 13.3. The fourth-order valence-corrected chi connectivity index (χ4v) is 1.97. The predicted molar refractivity (Wildman–Crippen MR) is 72.3 cm³/mol. The van der Waals surface area contributed by atoms with E-state index in [1.807, 2.05) is 6.92 Å². The number of rotatable bonds is 3. The van der Waals surface area contributed by atoms with E-state index < -0.39 is 0 Å². The maximum atomic E-state index is 13.2. The zero-order chi connectivity index (χ0) is 14.0. The van der Waals surface area contributed by atoms with Gasteiger partial charge in [-0.1, -0.05) is 0 Å². The second-order valence-corrected chi connectivity index (χ2v) is 4.48. The lowest BCUT2D eigenvalue weighted by Crippen LogP contribution is -2.03. The first-order valence-corrected chi connectivity index (χ1v) is 5.98. The van der Waals surface area contributed by atoms with Crippen molar-refractivity contribution >= 4 is 5.78 Å². The number of hydrogen-bond acceptors (Lipinski definition) is 2. The van der Waals surface area contributed by atoms with Gasteiger partial charge in [0.05, 0.1) is 7.11 Å². The maximum Gasteiger partial charge on any atom is 0.193 e. The Bertz CT molecular complexity index is 633. The Labute approximate surface area is 111 Å². The summed E-state index contributed by atoms with van der Waals surface area (Å²) in [5.41, 5.74) is 2.43. The van der Waals surface area contributed by atoms with Gasteiger partial charge in [-0.05, 0) is 61.4 Å². The lowest BCUT2D eigenvalue weighted by atomic mass is 10.00. The molecular formula is C16H15FO2. The molecule has 0 aliphatic carbocycles. The minimum Gasteiger partial charge on any atom is -0.496 e. The molecule has 0 amide bonds. The summed E-state index contributed by atoms with van der Waals surface area (Å²) in [5.74, 6) is 0.322. The first-order valence-electron chi connectivity index (χ1n) is 5.98. The highest BCUT2D eigenvalue weighted by Crippen LogP contribution is 2.21. The normalized spacial score (nSPS) is 10.3. The number of aryl methyl sites for hydroxylation is 2. The summed E-state index contributed by atoms with van der Waals surface area (Å²) in [5, 5.41) is 0. The van der Waals surface area contributed by atoms with E-state index in [1.54, 1.807) is 38.3 Å². The van der Waals surface area contributed by atoms with Gasteiger partial charge in [-0.25, -0.2) is 4.39 Å². The summed E-state index contributed by atoms with van der Waals surface area (Å²) >= 11 is 0. The van der Waals surface area contributed by atoms with Crippen LogP contribution in [0, 0.1) is 19.7 Å². The standard InChI is InChI=1S/C16H15FO2/c1-10-8-12(4-6-14(10)17)16(18)13-5-7-15(19-3)11(2)9-13/h4-9H,1-3H3. The number of methoxy groups -OCH3 is 1. The number of benzene rings is 2. The topological polar surface area (TPSA) is 26.3 Å². The molecule has 0 aliphatic heterocycles. The van der Waals surface area contributed by atoms with E-state index in [4.69, 9.17) is 4.74 Å². The molecule has 0 atom stereocenters. The van der Waals surface area contributed by atoms with Crippen LogP contribution in [0.3, 0.4) is 0 Å². The van der Waals surface area contributed by atoms with E-state index in [1.165, 1.54) is 12.1 Å². The van der Waals surface area contributed by atoms with Crippen molar-refractivity contribution in [2.75, 3.05) is 7.11 Å². The summed E-state index contributed by atoms with van der Waals surface area (Å²) in [4.78, 5) is 12.3. The fourth-order valence-electron chi connectivity index (χ4n) is 1.97. The highest BCUT2D eigenvalue weighted by molar-refractivity contribution is 6.09. The van der Waals surface area contributed by atoms with E-state index >= 15 is 0 Å². The molecule has 0 aliphatic rings. The molecule has 2 rings (SSSR count). The Hall–Kier alpha value is -2.16. The molecule has 0 N–H and O–H groups in total. The van der Waals surface area contributed by atoms with Crippen LogP contribution in [0.5, 0.6) is 5.75 Å². The zero-order valence-electron chi connectivity index (χ0n) is 11.2. The maximum absolute atomic E-state index is 13.2. The Balaban J connectivity index is 2.38. The monoisotopic (exact) mass is 258 g/mol. The summed E-state index contributed by atoms with van der Waals surface area (Å²) in [6, 6.07) is 9.64. The third kappa shape index (κ3) is 2.65. The van der Waals surface area contributed by atoms with Gasteiger partial charge in [-0.3, -0.25) is 4.79 Å². The highest BCUT2D eigenvalue weighted by Gasteiger charge is 2.12. The molecule has 0 heterocycles. The molecule has 98 valence electrons. The Morgan fingerprint density at radius 3 is 2.11 bits per heavy atom. The van der Waals surface area contributed by atoms with Gasteiger partial charge in [0.2, 0.25) is 0 Å². The van der Waals surface area contributed by atoms with Crippen molar-refractivity contribution < 1.29 is 13.9 Å². The van der Waals surface area contributed by atoms with Crippen molar-refractivity contribution in [3.63, 3.8) is 0 Å². The number of carbonyl (C=O) groups is 1. The molecule has 0 unspecified atom stereocenters. The van der Waals surface area contributed by atoms with E-state index in [0.717, 1.165) is 11.3 Å². The molecule has 0 bridgehead atoms. The number of carbonyl (C=O) groups excluding carboxylic acids is 1. The molecule has 0 saturated carbocycles. The van der Waals surface area contributed by atoms with Crippen LogP contribution in [0.25, 0.3) is 0 Å². The molecule has 2 aromatic rings. The minimum absolute atomic E-state index is 0.117. The zero-order valence-corrected chi connectivity index (χ0v) is 11.2. The van der Waals surface area contributed by atoms with Gasteiger partial charge < -0.3 is 4.74 Å². The molecule has 0 spiro atoms. The van der Waals surface area contributed by atoms with Gasteiger partial charge in [0, 0.05) is 11.1 Å². The van der Waals surface area contributed by atoms with Gasteiger partial charge in [0.25, 0.3) is 0 Å². The third-order valence-electron chi connectivity index (χ3n) is 3.08. The quantitative estimate of drug-likeness (QED) is 0.785. The van der Waals surface area contributed by atoms with Crippen LogP contribution < -0.4 is 4.74 Å². The Kier molecular flexibility index (Phi) is 3.65. The molecule has 0 fully saturated rings. The van der Waals surface area contributed by atoms with Crippen molar-refractivity contribution in [2.45, 2.75) is 13.8 Å². The van der Waals surface area contributed by atoms with Gasteiger partial charge in [-0.2, -0.15) is 0 Å². The molecule has 2 nitrogen and oxygen atoms in total. The number of halogens is 1. The van der Waals surface area contributed by atoms with Crippen LogP contribution in [-0.2, 0) is 0 Å². The SMILES string of the molecule is COc1ccc(C(=O)c2ccc(F)c(C)c2)cc1C. The van der Waals surface area contributed by atoms with Crippen molar-refractivity contribution in [3.8, 4) is 5.75 Å². The van der Waals surface area contributed by atoms with E-state index in [2.05, 4.69) is 0 Å². The van der Waals surface area contributed by atoms with Gasteiger partial charge >= 0.3 is 0 Å². The van der Waals surface area contributed by atoms with Crippen molar-refractivity contribution in [1.29, 1.82) is 0 Å². The number of ether oxygens (including phenoxy) is 1. The summed E-state index contributed by atoms with van der Waals surface area (Å²) < 4.78 is 18.4. The van der Waals surface area contributed by atoms with Crippen LogP contribution in [0.2, 0.25) is 0 Å². The minimum atomic E-state index is -0.303. The molecule has 19 heavy (non-hydrogen) atoms. The molecule has 0 radical (unpaired) electrons. The highest BCUT2D eigenvalue weighted by atomic mass is 19.1. The fraction of sp³-hybridized carbons (Fsp3) is 0.188. The van der Waals surface area contributed by atoms with Crippen molar-refractivity contribution in [2.24, 2.45) is 0 Å². The first-order chi connectivity index (χ1) is 9.02. The molecule has 3 heteroatoms. The lowest BCUT2D eigenvalue weighted by molar-refractivity contribution is 0.103. The Morgan fingerprint density at radius 1 is 1.00 bits per heavy atom. The second kappa shape index (κ2) is 5.22. The molecular weight excluding hydrogens is 243 g/mol. The smallest absolute Gasteiger partial charge is 0.193 e. The van der Waals surface area contributed by atoms with E-state index in [0.29, 0.717) is 16.7 Å². The van der Waals surface area contributed by atoms with Gasteiger partial charge in [-0.15, -0.1) is 0 Å². The van der Waals surface area contributed by atoms with Crippen LogP contribution in [0.1, 0.15) is 27.0 Å². The Morgan fingerprint density at radius 2 is 1.58 bits per heavy atom. The molecule has 2 aromatic carbocycles. The van der Waals surface area contributed by atoms with Gasteiger partial charge in [0.1, 0.15) is 11.6 Å². The van der Waals surface area contributed by atoms with E-state index in [-0.39, 0.29) is 11.6 Å². The lowest BCUT2D eigenvalue weighted by Gasteiger charge is -2.07. The van der Waals surface area contributed by atoms with E-state index in [9.17, 15) is 9.18 Å². The largest absolute Gasteiger partial charge is 0.496 e. The number of ketones is 1. The third-order valence-corrected chi connectivity index (χ3v) is 3.08. The molecule has 0 saturated heterocycles. The average Bonchev–Trinajstić information content (AvgIpc) is 2.41. The predicted octanol–water partition coefficient (Wildman–Crippen LogP) is 3.68. The van der Waals surface area contributed by atoms with Crippen molar-refractivity contribution in [3.05, 3.63) is 64.5 Å². The summed E-state index contributed by atoms with van der Waals surface area (Å²) in [6.07, 6.45) is 0. The van der Waals surface area contributed by atoms with Gasteiger partial charge in [0.15, 0.2) is 5.78 Å². The van der Waals surface area contributed by atoms with Crippen LogP contribution in [-0.4, -0.2) is 12.9 Å². The summed E-state index contributed by atoms with van der Waals surface area (Å²) in [7, 11) is 1.59. The van der Waals surface area contributed by atoms with Crippen LogP contribution in [0.15, 0.2) is 36.4 Å². The average molecular weight is 258 g/mol. The van der Waals surface area contributed by atoms with Crippen LogP contribution >= 0.6 is 0 Å². The van der Waals surface area contributed by atoms with Crippen LogP contribution in [0.4, 0.5) is 4.39 Å². The number of hydrogen-bond donors (Lipinski definition) is 0. The molecule has 0 aromatic heterocycles. The van der Waals surface area contributed by atoms with Crippen molar-refractivity contribution in [1.82, 2.24) is 0 Å². The second-order valence-electron chi connectivity index (χ2n) is 4.48.